The molecule has 0 atom stereocenters. The summed E-state index contributed by atoms with van der Waals surface area (Å²) in [6.45, 7) is 4.17. The maximum Gasteiger partial charge on any atom is 0.125 e. The second-order valence-electron chi connectivity index (χ2n) is 5.73. The summed E-state index contributed by atoms with van der Waals surface area (Å²) in [5.74, 6) is 1.57. The molecule has 0 spiro atoms. The van der Waals surface area contributed by atoms with Crippen LogP contribution in [0.15, 0.2) is 12.4 Å². The molecule has 0 aromatic carbocycles. The third kappa shape index (κ3) is 4.15. The van der Waals surface area contributed by atoms with Crippen LogP contribution in [-0.2, 0) is 0 Å². The minimum Gasteiger partial charge on any atom is -0.396 e. The van der Waals surface area contributed by atoms with Gasteiger partial charge in [-0.1, -0.05) is 0 Å². The van der Waals surface area contributed by atoms with Gasteiger partial charge in [-0.3, -0.25) is 0 Å². The number of piperidine rings is 1. The van der Waals surface area contributed by atoms with Crippen molar-refractivity contribution in [2.45, 2.75) is 32.6 Å². The van der Waals surface area contributed by atoms with E-state index in [4.69, 9.17) is 10.2 Å². The summed E-state index contributed by atoms with van der Waals surface area (Å²) in [4.78, 5) is 10.8. The van der Waals surface area contributed by atoms with Crippen molar-refractivity contribution in [2.24, 2.45) is 11.8 Å². The molecule has 2 rings (SSSR count). The Morgan fingerprint density at radius 1 is 1.20 bits per heavy atom. The molecule has 0 radical (unpaired) electrons. The second-order valence-corrected chi connectivity index (χ2v) is 5.73. The van der Waals surface area contributed by atoms with Crippen molar-refractivity contribution in [3.05, 3.63) is 18.2 Å². The normalized spacial score (nSPS) is 16.9. The number of rotatable bonds is 6. The predicted octanol–water partition coefficient (Wildman–Crippen LogP) is 1.38. The Morgan fingerprint density at radius 3 is 2.35 bits per heavy atom. The summed E-state index contributed by atoms with van der Waals surface area (Å²) in [6, 6.07) is 0. The van der Waals surface area contributed by atoms with Gasteiger partial charge in [-0.15, -0.1) is 0 Å². The Morgan fingerprint density at radius 2 is 1.80 bits per heavy atom. The van der Waals surface area contributed by atoms with Crippen molar-refractivity contribution in [3.8, 4) is 0 Å². The van der Waals surface area contributed by atoms with E-state index in [1.807, 2.05) is 19.3 Å². The van der Waals surface area contributed by atoms with Gasteiger partial charge < -0.3 is 15.1 Å². The lowest BCUT2D eigenvalue weighted by atomic mass is 9.89. The van der Waals surface area contributed by atoms with Gasteiger partial charge in [0.05, 0.1) is 18.1 Å². The van der Waals surface area contributed by atoms with E-state index in [2.05, 4.69) is 14.9 Å². The molecular weight excluding hydrogens is 254 g/mol. The maximum absolute atomic E-state index is 9.09. The summed E-state index contributed by atoms with van der Waals surface area (Å²) < 4.78 is 0. The summed E-state index contributed by atoms with van der Waals surface area (Å²) in [5, 5.41) is 18.2. The minimum atomic E-state index is 0.0542. The van der Waals surface area contributed by atoms with E-state index in [-0.39, 0.29) is 19.1 Å². The first-order valence-corrected chi connectivity index (χ1v) is 7.48. The van der Waals surface area contributed by atoms with Crippen LogP contribution in [0.2, 0.25) is 0 Å². The Bertz CT molecular complexity index is 385. The molecule has 1 aliphatic heterocycles. The Labute approximate surface area is 120 Å². The quantitative estimate of drug-likeness (QED) is 0.823. The fourth-order valence-corrected chi connectivity index (χ4v) is 2.74. The number of aliphatic hydroxyl groups is 2. The molecule has 0 amide bonds. The average molecular weight is 279 g/mol. The molecule has 112 valence electrons. The first-order chi connectivity index (χ1) is 9.72. The second kappa shape index (κ2) is 7.55. The van der Waals surface area contributed by atoms with E-state index in [1.165, 1.54) is 0 Å². The molecule has 0 bridgehead atoms. The van der Waals surface area contributed by atoms with E-state index in [0.717, 1.165) is 50.3 Å². The highest BCUT2D eigenvalue weighted by molar-refractivity contribution is 5.42. The van der Waals surface area contributed by atoms with Gasteiger partial charge in [0, 0.05) is 32.2 Å². The van der Waals surface area contributed by atoms with Crippen LogP contribution in [0.3, 0.4) is 0 Å². The highest BCUT2D eigenvalue weighted by Gasteiger charge is 2.20. The number of anilines is 1. The van der Waals surface area contributed by atoms with Gasteiger partial charge >= 0.3 is 0 Å². The molecule has 0 saturated carbocycles. The lowest BCUT2D eigenvalue weighted by Crippen LogP contribution is -2.34. The van der Waals surface area contributed by atoms with Crippen LogP contribution in [0.25, 0.3) is 0 Å². The molecular formula is C15H25N3O2. The van der Waals surface area contributed by atoms with Crippen molar-refractivity contribution < 1.29 is 10.2 Å². The number of hydrogen-bond acceptors (Lipinski definition) is 5. The monoisotopic (exact) mass is 279 g/mol. The van der Waals surface area contributed by atoms with Gasteiger partial charge in [-0.05, 0) is 38.5 Å². The molecule has 5 nitrogen and oxygen atoms in total. The van der Waals surface area contributed by atoms with E-state index < -0.39 is 0 Å². The zero-order valence-corrected chi connectivity index (χ0v) is 12.2. The average Bonchev–Trinajstić information content (AvgIpc) is 2.50. The van der Waals surface area contributed by atoms with Gasteiger partial charge in [0.15, 0.2) is 0 Å². The first-order valence-electron chi connectivity index (χ1n) is 7.48. The van der Waals surface area contributed by atoms with Gasteiger partial charge in [0.2, 0.25) is 0 Å². The summed E-state index contributed by atoms with van der Waals surface area (Å²) in [5.41, 5.74) is 1.11. The van der Waals surface area contributed by atoms with Crippen LogP contribution in [0.4, 0.5) is 5.69 Å². The van der Waals surface area contributed by atoms with Gasteiger partial charge in [-0.25, -0.2) is 9.97 Å². The van der Waals surface area contributed by atoms with Crippen molar-refractivity contribution in [1.82, 2.24) is 9.97 Å². The molecule has 1 fully saturated rings. The molecule has 0 aliphatic carbocycles. The van der Waals surface area contributed by atoms with Gasteiger partial charge in [0.25, 0.3) is 0 Å². The lowest BCUT2D eigenvalue weighted by molar-refractivity contribution is 0.136. The molecule has 1 aliphatic rings. The lowest BCUT2D eigenvalue weighted by Gasteiger charge is -2.33. The fraction of sp³-hybridized carbons (Fsp3) is 0.733. The molecule has 1 saturated heterocycles. The number of hydrogen-bond donors (Lipinski definition) is 2. The molecule has 5 heteroatoms. The minimum absolute atomic E-state index is 0.0542. The van der Waals surface area contributed by atoms with Crippen molar-refractivity contribution >= 4 is 5.69 Å². The molecule has 1 aromatic heterocycles. The smallest absolute Gasteiger partial charge is 0.125 e. The number of nitrogens with zero attached hydrogens (tertiary/aromatic N) is 3. The van der Waals surface area contributed by atoms with Crippen molar-refractivity contribution in [3.63, 3.8) is 0 Å². The van der Waals surface area contributed by atoms with E-state index in [0.29, 0.717) is 5.92 Å². The van der Waals surface area contributed by atoms with E-state index in [9.17, 15) is 0 Å². The van der Waals surface area contributed by atoms with E-state index >= 15 is 0 Å². The summed E-state index contributed by atoms with van der Waals surface area (Å²) >= 11 is 0. The van der Waals surface area contributed by atoms with Crippen molar-refractivity contribution in [1.29, 1.82) is 0 Å². The molecule has 20 heavy (non-hydrogen) atoms. The molecule has 0 unspecified atom stereocenters. The zero-order chi connectivity index (χ0) is 14.4. The van der Waals surface area contributed by atoms with Crippen LogP contribution in [-0.4, -0.2) is 46.5 Å². The van der Waals surface area contributed by atoms with Gasteiger partial charge in [-0.2, -0.15) is 0 Å². The van der Waals surface area contributed by atoms with Crippen molar-refractivity contribution in [2.75, 3.05) is 31.2 Å². The first kappa shape index (κ1) is 15.2. The van der Waals surface area contributed by atoms with Crippen LogP contribution in [0.5, 0.6) is 0 Å². The standard InChI is InChI=1S/C15H25N3O2/c1-12-16-8-15(9-17-12)18-6-4-13(5-7-18)2-3-14(10-19)11-20/h8-9,13-14,19-20H,2-7,10-11H2,1H3. The molecule has 2 N–H and O–H groups in total. The van der Waals surface area contributed by atoms with Crippen LogP contribution in [0.1, 0.15) is 31.5 Å². The number of aliphatic hydroxyl groups excluding tert-OH is 2. The summed E-state index contributed by atoms with van der Waals surface area (Å²) in [6.07, 6.45) is 8.15. The SMILES string of the molecule is Cc1ncc(N2CCC(CCC(CO)CO)CC2)cn1. The van der Waals surface area contributed by atoms with Crippen LogP contribution >= 0.6 is 0 Å². The van der Waals surface area contributed by atoms with Crippen LogP contribution < -0.4 is 4.90 Å². The summed E-state index contributed by atoms with van der Waals surface area (Å²) in [7, 11) is 0. The highest BCUT2D eigenvalue weighted by atomic mass is 16.3. The Balaban J connectivity index is 1.76. The Hall–Kier alpha value is -1.20. The Kier molecular flexibility index (Phi) is 5.73. The third-order valence-electron chi connectivity index (χ3n) is 4.25. The topological polar surface area (TPSA) is 69.5 Å². The third-order valence-corrected chi connectivity index (χ3v) is 4.25. The zero-order valence-electron chi connectivity index (χ0n) is 12.2. The van der Waals surface area contributed by atoms with E-state index in [1.54, 1.807) is 0 Å². The molecule has 1 aromatic rings. The maximum atomic E-state index is 9.09. The number of aryl methyl sites for hydroxylation is 1. The fourth-order valence-electron chi connectivity index (χ4n) is 2.74. The molecule has 2 heterocycles. The predicted molar refractivity (Wildman–Crippen MR) is 78.6 cm³/mol. The van der Waals surface area contributed by atoms with Crippen LogP contribution in [0, 0.1) is 18.8 Å². The largest absolute Gasteiger partial charge is 0.396 e. The van der Waals surface area contributed by atoms with Gasteiger partial charge in [0.1, 0.15) is 5.82 Å². The number of aromatic nitrogens is 2. The highest BCUT2D eigenvalue weighted by Crippen LogP contribution is 2.26.